The summed E-state index contributed by atoms with van der Waals surface area (Å²) in [6.45, 7) is 0. The first-order valence-electron chi connectivity index (χ1n) is 0.548. The molecule has 0 atom stereocenters. The zero-order valence-electron chi connectivity index (χ0n) is 2.67. The van der Waals surface area contributed by atoms with Crippen molar-refractivity contribution in [1.29, 1.82) is 0 Å². The Morgan fingerprint density at radius 1 is 1.40 bits per heavy atom. The topological polar surface area (TPSA) is 66.2 Å². The molecular weight excluding hydrogens is 68.0 g/mol. The van der Waals surface area contributed by atoms with Crippen LogP contribution in [0, 0.1) is 15.3 Å². The summed E-state index contributed by atoms with van der Waals surface area (Å²) in [6, 6.07) is 0. The molecule has 5 heteroatoms. The predicted molar refractivity (Wildman–Crippen MR) is 10.4 cm³/mol. The minimum absolute atomic E-state index is 0. The van der Waals surface area contributed by atoms with Gasteiger partial charge in [-0.2, -0.15) is 0 Å². The van der Waals surface area contributed by atoms with Crippen LogP contribution >= 0.6 is 0 Å². The third-order valence-electron chi connectivity index (χ3n) is 0. The van der Waals surface area contributed by atoms with Crippen molar-refractivity contribution in [3.05, 3.63) is 15.3 Å². The van der Waals surface area contributed by atoms with Gasteiger partial charge in [0.15, 0.2) is 0 Å². The molecule has 0 aromatic carbocycles. The summed E-state index contributed by atoms with van der Waals surface area (Å²) in [5.41, 5.74) is 0. The van der Waals surface area contributed by atoms with Crippen LogP contribution in [0.1, 0.15) is 0 Å². The summed E-state index contributed by atoms with van der Waals surface area (Å²) in [6.07, 6.45) is 0. The summed E-state index contributed by atoms with van der Waals surface area (Å²) >= 11 is 0. The summed E-state index contributed by atoms with van der Waals surface area (Å²) in [4.78, 5) is 8.25. The summed E-state index contributed by atoms with van der Waals surface area (Å²) in [5.74, 6) is 0. The first-order chi connectivity index (χ1) is 1.73. The molecule has 4 nitrogen and oxygen atoms in total. The molecule has 0 unspecified atom stereocenters. The maximum Gasteiger partial charge on any atom is 1.00 e. The normalized spacial score (nSPS) is 4.80. The smallest absolute Gasteiger partial charge is 0.356 e. The molecule has 0 saturated carbocycles. The maximum absolute atomic E-state index is 8.25. The minimum atomic E-state index is -1.75. The van der Waals surface area contributed by atoms with Crippen molar-refractivity contribution in [2.45, 2.75) is 0 Å². The molecular formula is LiNO3. The van der Waals surface area contributed by atoms with Crippen LogP contribution in [0.2, 0.25) is 0 Å². The van der Waals surface area contributed by atoms with Gasteiger partial charge in [0.1, 0.15) is 0 Å². The van der Waals surface area contributed by atoms with E-state index in [0.717, 1.165) is 0 Å². The first-order valence-corrected chi connectivity index (χ1v) is 0.548. The van der Waals surface area contributed by atoms with Crippen molar-refractivity contribution in [2.24, 2.45) is 0 Å². The van der Waals surface area contributed by atoms with E-state index in [0.29, 0.717) is 0 Å². The summed E-state index contributed by atoms with van der Waals surface area (Å²) < 4.78 is 0. The molecule has 0 amide bonds. The Labute approximate surface area is 40.1 Å². The van der Waals surface area contributed by atoms with Crippen LogP contribution in [0.15, 0.2) is 0 Å². The van der Waals surface area contributed by atoms with Crippen LogP contribution < -0.4 is 18.9 Å². The van der Waals surface area contributed by atoms with E-state index in [1.165, 1.54) is 0 Å². The summed E-state index contributed by atoms with van der Waals surface area (Å²) in [7, 11) is 0. The van der Waals surface area contributed by atoms with Crippen molar-refractivity contribution in [2.75, 3.05) is 0 Å². The third kappa shape index (κ3) is 299. The molecule has 0 fully saturated rings. The standard InChI is InChI=1S/Li.NO3/c;2-1(3)4/q+1;-1/i1-1;. The molecule has 0 rings (SSSR count). The number of hydrogen-bond acceptors (Lipinski definition) is 3. The van der Waals surface area contributed by atoms with E-state index in [1.807, 2.05) is 0 Å². The van der Waals surface area contributed by atoms with Gasteiger partial charge in [-0.25, -0.2) is 0 Å². The van der Waals surface area contributed by atoms with E-state index in [4.69, 9.17) is 15.3 Å². The minimum Gasteiger partial charge on any atom is -0.356 e. The fraction of sp³-hybridized carbons (Fsp3) is 0. The molecule has 0 aliphatic heterocycles. The molecule has 0 aliphatic rings. The predicted octanol–water partition coefficient (Wildman–Crippen LogP) is -3.24. The van der Waals surface area contributed by atoms with Gasteiger partial charge in [0.05, 0.1) is 5.09 Å². The molecule has 0 aliphatic carbocycles. The van der Waals surface area contributed by atoms with Gasteiger partial charge in [-0.1, -0.05) is 0 Å². The molecule has 0 N–H and O–H groups in total. The number of nitrogens with zero attached hydrogens (tertiary/aromatic N) is 1. The fourth-order valence-electron chi connectivity index (χ4n) is 0. The molecule has 0 bridgehead atoms. The monoisotopic (exact) mass is 68.0 g/mol. The van der Waals surface area contributed by atoms with E-state index in [9.17, 15) is 0 Å². The van der Waals surface area contributed by atoms with Gasteiger partial charge < -0.3 is 15.3 Å². The zero-order chi connectivity index (χ0) is 3.58. The van der Waals surface area contributed by atoms with Crippen LogP contribution in [0.25, 0.3) is 0 Å². The maximum atomic E-state index is 8.25. The Morgan fingerprint density at radius 2 is 1.40 bits per heavy atom. The van der Waals surface area contributed by atoms with Crippen LogP contribution in [-0.2, 0) is 0 Å². The molecule has 0 radical (unpaired) electrons. The molecule has 0 aromatic rings. The van der Waals surface area contributed by atoms with Crippen LogP contribution in [0.4, 0.5) is 0 Å². The van der Waals surface area contributed by atoms with Crippen LogP contribution in [0.5, 0.6) is 0 Å². The quantitative estimate of drug-likeness (QED) is 0.170. The number of hydrogen-bond donors (Lipinski definition) is 0. The third-order valence-corrected chi connectivity index (χ3v) is 0. The van der Waals surface area contributed by atoms with Gasteiger partial charge >= 0.3 is 18.9 Å². The van der Waals surface area contributed by atoms with Crippen molar-refractivity contribution >= 4 is 0 Å². The van der Waals surface area contributed by atoms with Gasteiger partial charge in [0.2, 0.25) is 0 Å². The Morgan fingerprint density at radius 3 is 1.40 bits per heavy atom. The summed E-state index contributed by atoms with van der Waals surface area (Å²) in [5, 5.41) is 14.8. The Bertz CT molecular complexity index is 29.9. The van der Waals surface area contributed by atoms with Gasteiger partial charge in [-0.3, -0.25) is 0 Å². The van der Waals surface area contributed by atoms with E-state index in [1.54, 1.807) is 0 Å². The van der Waals surface area contributed by atoms with Crippen LogP contribution in [-0.4, -0.2) is 5.09 Å². The first kappa shape index (κ1) is 8.84. The second-order valence-electron chi connectivity index (χ2n) is 0.224. The van der Waals surface area contributed by atoms with Gasteiger partial charge in [0, 0.05) is 0 Å². The average Bonchev–Trinajstić information content (AvgIpc) is 0.811. The number of rotatable bonds is 0. The molecule has 0 aromatic heterocycles. The molecule has 5 heavy (non-hydrogen) atoms. The van der Waals surface area contributed by atoms with E-state index in [-0.39, 0.29) is 18.9 Å². The second kappa shape index (κ2) is 3.80. The molecule has 0 spiro atoms. The van der Waals surface area contributed by atoms with Gasteiger partial charge in [-0.15, -0.1) is 0 Å². The second-order valence-corrected chi connectivity index (χ2v) is 0.224. The van der Waals surface area contributed by atoms with Crippen molar-refractivity contribution in [1.82, 2.24) is 0 Å². The van der Waals surface area contributed by atoms with Gasteiger partial charge in [-0.05, 0) is 0 Å². The largest absolute Gasteiger partial charge is 1.00 e. The van der Waals surface area contributed by atoms with E-state index in [2.05, 4.69) is 0 Å². The Hall–Kier alpha value is -0.203. The van der Waals surface area contributed by atoms with Crippen LogP contribution in [0.3, 0.4) is 0 Å². The Balaban J connectivity index is 0. The Kier molecular flexibility index (Phi) is 6.71. The zero-order valence-corrected chi connectivity index (χ0v) is 2.67. The van der Waals surface area contributed by atoms with Crippen molar-refractivity contribution in [3.63, 3.8) is 0 Å². The van der Waals surface area contributed by atoms with Crippen molar-refractivity contribution in [3.8, 4) is 0 Å². The van der Waals surface area contributed by atoms with Gasteiger partial charge in [0.25, 0.3) is 0 Å². The average molecular weight is 68.0 g/mol. The molecule has 0 heterocycles. The fourth-order valence-corrected chi connectivity index (χ4v) is 0. The molecule has 24 valence electrons. The SMILES string of the molecule is O=[N+]([O-])[O-].[6Li+]. The van der Waals surface area contributed by atoms with E-state index >= 15 is 0 Å². The van der Waals surface area contributed by atoms with E-state index < -0.39 is 5.09 Å². The molecule has 0 saturated heterocycles. The van der Waals surface area contributed by atoms with Crippen molar-refractivity contribution < 1.29 is 23.9 Å².